The van der Waals surface area contributed by atoms with Crippen LogP contribution in [0.1, 0.15) is 42.9 Å². The van der Waals surface area contributed by atoms with Crippen molar-refractivity contribution < 1.29 is 38.5 Å². The number of allylic oxidation sites excluding steroid dienone is 1. The minimum atomic E-state index is -1.03. The Morgan fingerprint density at radius 2 is 1.38 bits per heavy atom. The molecule has 11 nitrogen and oxygen atoms in total. The van der Waals surface area contributed by atoms with Gasteiger partial charge in [0, 0.05) is 6.42 Å². The molecule has 4 N–H and O–H groups in total. The van der Waals surface area contributed by atoms with E-state index in [1.165, 1.54) is 6.08 Å². The van der Waals surface area contributed by atoms with E-state index in [1.807, 2.05) is 84.9 Å². The zero-order chi connectivity index (χ0) is 36.1. The summed E-state index contributed by atoms with van der Waals surface area (Å²) in [6.45, 7) is 9.01. The highest BCUT2D eigenvalue weighted by Crippen LogP contribution is 2.16. The van der Waals surface area contributed by atoms with Crippen molar-refractivity contribution in [3.8, 4) is 5.75 Å². The molecule has 3 aromatic rings. The van der Waals surface area contributed by atoms with E-state index in [1.54, 1.807) is 13.0 Å². The molecule has 11 heteroatoms. The van der Waals surface area contributed by atoms with Crippen LogP contribution in [0.3, 0.4) is 0 Å². The molecule has 0 saturated heterocycles. The van der Waals surface area contributed by atoms with Gasteiger partial charge in [0.25, 0.3) is 0 Å². The van der Waals surface area contributed by atoms with Crippen molar-refractivity contribution in [2.75, 3.05) is 13.2 Å². The average molecular weight is 686 g/mol. The fourth-order valence-corrected chi connectivity index (χ4v) is 4.90. The summed E-state index contributed by atoms with van der Waals surface area (Å²) in [5, 5.41) is 18.0. The molecule has 0 aliphatic carbocycles. The summed E-state index contributed by atoms with van der Waals surface area (Å²) in [4.78, 5) is 51.0. The molecule has 0 aliphatic heterocycles. The summed E-state index contributed by atoms with van der Waals surface area (Å²) in [7, 11) is 0. The third-order valence-corrected chi connectivity index (χ3v) is 7.55. The van der Waals surface area contributed by atoms with Gasteiger partial charge in [-0.1, -0.05) is 84.9 Å². The number of carbonyl (C=O) groups is 4. The molecule has 0 aromatic heterocycles. The molecule has 0 radical (unpaired) electrons. The van der Waals surface area contributed by atoms with Crippen molar-refractivity contribution >= 4 is 23.9 Å². The number of aliphatic hydroxyl groups excluding tert-OH is 1. The molecule has 3 rings (SSSR count). The van der Waals surface area contributed by atoms with Gasteiger partial charge >= 0.3 is 12.1 Å². The van der Waals surface area contributed by atoms with E-state index >= 15 is 0 Å². The zero-order valence-corrected chi connectivity index (χ0v) is 28.4. The molecule has 50 heavy (non-hydrogen) atoms. The highest BCUT2D eigenvalue weighted by atomic mass is 16.6. The van der Waals surface area contributed by atoms with Crippen molar-refractivity contribution in [1.29, 1.82) is 0 Å². The second-order valence-electron chi connectivity index (χ2n) is 11.8. The van der Waals surface area contributed by atoms with Crippen LogP contribution in [0.5, 0.6) is 5.75 Å². The van der Waals surface area contributed by atoms with Gasteiger partial charge in [-0.15, -0.1) is 13.2 Å². The molecule has 0 heterocycles. The normalized spacial score (nSPS) is 13.0. The van der Waals surface area contributed by atoms with E-state index in [0.29, 0.717) is 18.8 Å². The third kappa shape index (κ3) is 14.4. The van der Waals surface area contributed by atoms with Gasteiger partial charge in [-0.3, -0.25) is 9.59 Å². The summed E-state index contributed by atoms with van der Waals surface area (Å²) in [5.74, 6) is -1.56. The summed E-state index contributed by atoms with van der Waals surface area (Å²) < 4.78 is 16.4. The first-order chi connectivity index (χ1) is 24.2. The van der Waals surface area contributed by atoms with Crippen LogP contribution in [0.2, 0.25) is 0 Å². The Bertz CT molecular complexity index is 1520. The number of aliphatic hydroxyl groups is 1. The van der Waals surface area contributed by atoms with Gasteiger partial charge < -0.3 is 35.3 Å². The Morgan fingerprint density at radius 1 is 0.760 bits per heavy atom. The molecule has 0 spiro atoms. The minimum Gasteiger partial charge on any atom is -0.489 e. The Kier molecular flexibility index (Phi) is 16.8. The number of amides is 3. The first-order valence-corrected chi connectivity index (χ1v) is 16.5. The highest BCUT2D eigenvalue weighted by molar-refractivity contribution is 5.86. The lowest BCUT2D eigenvalue weighted by Crippen LogP contribution is -2.45. The fourth-order valence-electron chi connectivity index (χ4n) is 4.90. The SMILES string of the molecule is C=CC[C@@H](CC(=O)N[C@H](CO)Cc1ccc(OCc2ccccc2)cc1)C(=O)N[C@@H](C)COC(=O)[C@@H](CC=C)NC(=O)OCc1ccccc1. The maximum Gasteiger partial charge on any atom is 0.408 e. The van der Waals surface area contributed by atoms with E-state index in [4.69, 9.17) is 14.2 Å². The minimum absolute atomic E-state index is 0.0374. The quantitative estimate of drug-likeness (QED) is 0.0924. The van der Waals surface area contributed by atoms with Crippen molar-refractivity contribution in [1.82, 2.24) is 16.0 Å². The number of alkyl carbamates (subject to hydrolysis) is 1. The number of esters is 1. The standard InChI is InChI=1S/C39H47N3O8/c1-4-12-32(23-36(44)41-33(24-43)22-29-18-20-34(21-19-29)48-26-30-14-8-6-9-15-30)37(45)40-28(3)25-49-38(46)35(13-5-2)42-39(47)50-27-31-16-10-7-11-17-31/h4-11,14-21,28,32-33,35,43H,1-2,12-13,22-27H2,3H3,(H,40,45)(H,41,44)(H,42,47)/t28-,32-,33-,35+/m0/s1. The van der Waals surface area contributed by atoms with E-state index < -0.39 is 47.9 Å². The van der Waals surface area contributed by atoms with Crippen LogP contribution in [0.15, 0.2) is 110 Å². The molecule has 0 aliphatic rings. The second-order valence-corrected chi connectivity index (χ2v) is 11.8. The zero-order valence-electron chi connectivity index (χ0n) is 28.4. The largest absolute Gasteiger partial charge is 0.489 e. The average Bonchev–Trinajstić information content (AvgIpc) is 3.12. The first-order valence-electron chi connectivity index (χ1n) is 16.5. The lowest BCUT2D eigenvalue weighted by atomic mass is 9.98. The highest BCUT2D eigenvalue weighted by Gasteiger charge is 2.26. The van der Waals surface area contributed by atoms with Gasteiger partial charge in [-0.25, -0.2) is 9.59 Å². The second kappa shape index (κ2) is 21.5. The predicted molar refractivity (Wildman–Crippen MR) is 190 cm³/mol. The maximum absolute atomic E-state index is 13.1. The summed E-state index contributed by atoms with van der Waals surface area (Å²) in [6, 6.07) is 24.2. The van der Waals surface area contributed by atoms with Crippen LogP contribution in [0.25, 0.3) is 0 Å². The molecule has 3 amide bonds. The van der Waals surface area contributed by atoms with Gasteiger partial charge in [0.2, 0.25) is 11.8 Å². The van der Waals surface area contributed by atoms with E-state index in [2.05, 4.69) is 29.1 Å². The summed E-state index contributed by atoms with van der Waals surface area (Å²) in [5.41, 5.74) is 2.75. The van der Waals surface area contributed by atoms with E-state index in [9.17, 15) is 24.3 Å². The van der Waals surface area contributed by atoms with Gasteiger partial charge in [0.15, 0.2) is 0 Å². The molecule has 266 valence electrons. The number of carbonyl (C=O) groups excluding carboxylic acids is 4. The van der Waals surface area contributed by atoms with E-state index in [0.717, 1.165) is 16.7 Å². The number of rotatable bonds is 21. The van der Waals surface area contributed by atoms with E-state index in [-0.39, 0.29) is 39.1 Å². The molecular formula is C39H47N3O8. The van der Waals surface area contributed by atoms with Gasteiger partial charge in [0.1, 0.15) is 31.6 Å². The lowest BCUT2D eigenvalue weighted by molar-refractivity contribution is -0.147. The Labute approximate surface area is 293 Å². The van der Waals surface area contributed by atoms with Crippen molar-refractivity contribution in [3.63, 3.8) is 0 Å². The van der Waals surface area contributed by atoms with Crippen molar-refractivity contribution in [3.05, 3.63) is 127 Å². The maximum atomic E-state index is 13.1. The Balaban J connectivity index is 1.43. The lowest BCUT2D eigenvalue weighted by Gasteiger charge is -2.22. The van der Waals surface area contributed by atoms with Crippen LogP contribution in [-0.4, -0.2) is 60.3 Å². The molecule has 0 fully saturated rings. The van der Waals surface area contributed by atoms with Crippen LogP contribution >= 0.6 is 0 Å². The summed E-state index contributed by atoms with van der Waals surface area (Å²) in [6.07, 6.45) is 2.83. The van der Waals surface area contributed by atoms with Gasteiger partial charge in [-0.2, -0.15) is 0 Å². The van der Waals surface area contributed by atoms with Crippen LogP contribution in [0.4, 0.5) is 4.79 Å². The predicted octanol–water partition coefficient (Wildman–Crippen LogP) is 4.79. The monoisotopic (exact) mass is 685 g/mol. The third-order valence-electron chi connectivity index (χ3n) is 7.55. The van der Waals surface area contributed by atoms with Gasteiger partial charge in [-0.05, 0) is 55.0 Å². The molecule has 0 saturated carbocycles. The smallest absolute Gasteiger partial charge is 0.408 e. The molecule has 0 unspecified atom stereocenters. The number of hydrogen-bond acceptors (Lipinski definition) is 8. The van der Waals surface area contributed by atoms with Crippen LogP contribution in [0, 0.1) is 5.92 Å². The van der Waals surface area contributed by atoms with Crippen LogP contribution < -0.4 is 20.7 Å². The molecular weight excluding hydrogens is 638 g/mol. The fraction of sp³-hybridized carbons (Fsp3) is 0.333. The molecule has 0 bridgehead atoms. The number of hydrogen-bond donors (Lipinski definition) is 4. The Morgan fingerprint density at radius 3 is 1.98 bits per heavy atom. The van der Waals surface area contributed by atoms with Gasteiger partial charge in [0.05, 0.1) is 24.6 Å². The van der Waals surface area contributed by atoms with Crippen LogP contribution in [-0.2, 0) is 43.5 Å². The number of ether oxygens (including phenoxy) is 3. The topological polar surface area (TPSA) is 152 Å². The number of nitrogens with one attached hydrogen (secondary N) is 3. The Hall–Kier alpha value is -5.42. The first kappa shape index (κ1) is 39.0. The number of benzene rings is 3. The molecule has 4 atom stereocenters. The van der Waals surface area contributed by atoms with Crippen molar-refractivity contribution in [2.45, 2.75) is 63.9 Å². The molecule has 3 aromatic carbocycles. The summed E-state index contributed by atoms with van der Waals surface area (Å²) >= 11 is 0. The van der Waals surface area contributed by atoms with Crippen molar-refractivity contribution in [2.24, 2.45) is 5.92 Å².